The predicted molar refractivity (Wildman–Crippen MR) is 46.7 cm³/mol. The van der Waals surface area contributed by atoms with Crippen molar-refractivity contribution in [1.82, 2.24) is 10.2 Å². The highest BCUT2D eigenvalue weighted by Gasteiger charge is 1.99. The molecule has 1 aromatic rings. The predicted octanol–water partition coefficient (Wildman–Crippen LogP) is 0.595. The van der Waals surface area contributed by atoms with E-state index in [-0.39, 0.29) is 6.61 Å². The highest BCUT2D eigenvalue weighted by molar-refractivity contribution is 8.01. The molecule has 4 nitrogen and oxygen atoms in total. The Balaban J connectivity index is 2.27. The highest BCUT2D eigenvalue weighted by atomic mass is 32.2. The van der Waals surface area contributed by atoms with E-state index in [9.17, 15) is 0 Å². The number of nitrogens with two attached hydrogens (primary N) is 1. The van der Waals surface area contributed by atoms with Gasteiger partial charge in [0.25, 0.3) is 0 Å². The lowest BCUT2D eigenvalue weighted by Gasteiger charge is -1.91. The van der Waals surface area contributed by atoms with Crippen molar-refractivity contribution in [3.8, 4) is 0 Å². The van der Waals surface area contributed by atoms with Gasteiger partial charge in [-0.15, -0.1) is 10.2 Å². The Morgan fingerprint density at radius 2 is 2.36 bits per heavy atom. The Morgan fingerprint density at radius 1 is 1.55 bits per heavy atom. The van der Waals surface area contributed by atoms with E-state index in [1.165, 1.54) is 11.3 Å². The summed E-state index contributed by atoms with van der Waals surface area (Å²) >= 11 is 2.95. The SMILES string of the molecule is Nc1nnc(SCCCO)s1. The molecule has 1 rings (SSSR count). The van der Waals surface area contributed by atoms with E-state index in [0.29, 0.717) is 5.13 Å². The first-order chi connectivity index (χ1) is 5.33. The first kappa shape index (κ1) is 8.76. The molecule has 0 aliphatic carbocycles. The first-order valence-corrected chi connectivity index (χ1v) is 4.96. The molecule has 0 unspecified atom stereocenters. The fourth-order valence-electron chi connectivity index (χ4n) is 0.503. The van der Waals surface area contributed by atoms with Gasteiger partial charge in [-0.25, -0.2) is 0 Å². The molecule has 0 amide bonds. The summed E-state index contributed by atoms with van der Waals surface area (Å²) in [4.78, 5) is 0. The number of nitrogen functional groups attached to an aromatic ring is 1. The van der Waals surface area contributed by atoms with Crippen molar-refractivity contribution in [3.05, 3.63) is 0 Å². The summed E-state index contributed by atoms with van der Waals surface area (Å²) in [6, 6.07) is 0. The summed E-state index contributed by atoms with van der Waals surface area (Å²) in [6.07, 6.45) is 0.782. The molecule has 0 saturated carbocycles. The monoisotopic (exact) mass is 191 g/mol. The molecule has 0 fully saturated rings. The average Bonchev–Trinajstić information content (AvgIpc) is 2.37. The summed E-state index contributed by atoms with van der Waals surface area (Å²) in [5, 5.41) is 16.4. The molecule has 0 aromatic carbocycles. The van der Waals surface area contributed by atoms with E-state index in [2.05, 4.69) is 10.2 Å². The molecule has 0 radical (unpaired) electrons. The molecule has 62 valence electrons. The second kappa shape index (κ2) is 4.53. The topological polar surface area (TPSA) is 72.0 Å². The van der Waals surface area contributed by atoms with E-state index in [1.807, 2.05) is 0 Å². The smallest absolute Gasteiger partial charge is 0.203 e. The van der Waals surface area contributed by atoms with Gasteiger partial charge in [0.15, 0.2) is 4.34 Å². The normalized spacial score (nSPS) is 10.3. The molecular weight excluding hydrogens is 182 g/mol. The van der Waals surface area contributed by atoms with Gasteiger partial charge in [-0.1, -0.05) is 23.1 Å². The third-order valence-corrected chi connectivity index (χ3v) is 2.92. The lowest BCUT2D eigenvalue weighted by atomic mass is 10.5. The quantitative estimate of drug-likeness (QED) is 0.538. The van der Waals surface area contributed by atoms with E-state index >= 15 is 0 Å². The molecule has 1 heterocycles. The number of aliphatic hydroxyl groups excluding tert-OH is 1. The van der Waals surface area contributed by atoms with Gasteiger partial charge in [0.05, 0.1) is 0 Å². The minimum atomic E-state index is 0.223. The fraction of sp³-hybridized carbons (Fsp3) is 0.600. The number of thioether (sulfide) groups is 1. The van der Waals surface area contributed by atoms with E-state index < -0.39 is 0 Å². The summed E-state index contributed by atoms with van der Waals surface area (Å²) in [5.74, 6) is 0.866. The van der Waals surface area contributed by atoms with Crippen LogP contribution < -0.4 is 5.73 Å². The number of anilines is 1. The zero-order chi connectivity index (χ0) is 8.10. The van der Waals surface area contributed by atoms with Crippen LogP contribution in [0.3, 0.4) is 0 Å². The second-order valence-electron chi connectivity index (χ2n) is 1.83. The van der Waals surface area contributed by atoms with Crippen molar-refractivity contribution in [2.24, 2.45) is 0 Å². The number of aromatic nitrogens is 2. The van der Waals surface area contributed by atoms with Crippen molar-refractivity contribution in [2.75, 3.05) is 18.1 Å². The Bertz CT molecular complexity index is 215. The van der Waals surface area contributed by atoms with E-state index in [0.717, 1.165) is 16.5 Å². The van der Waals surface area contributed by atoms with Gasteiger partial charge in [0.2, 0.25) is 5.13 Å². The second-order valence-corrected chi connectivity index (χ2v) is 4.18. The summed E-state index contributed by atoms with van der Waals surface area (Å²) in [5.41, 5.74) is 5.37. The molecule has 0 spiro atoms. The number of nitrogens with zero attached hydrogens (tertiary/aromatic N) is 2. The summed E-state index contributed by atoms with van der Waals surface area (Å²) < 4.78 is 0.871. The van der Waals surface area contributed by atoms with Gasteiger partial charge in [-0.05, 0) is 6.42 Å². The fourth-order valence-corrected chi connectivity index (χ4v) is 2.13. The van der Waals surface area contributed by atoms with E-state index in [4.69, 9.17) is 10.8 Å². The number of hydrogen-bond donors (Lipinski definition) is 2. The van der Waals surface area contributed by atoms with Crippen LogP contribution in [0.15, 0.2) is 4.34 Å². The van der Waals surface area contributed by atoms with Gasteiger partial charge in [-0.2, -0.15) is 0 Å². The maximum absolute atomic E-state index is 8.48. The maximum Gasteiger partial charge on any atom is 0.203 e. The van der Waals surface area contributed by atoms with Gasteiger partial charge < -0.3 is 10.8 Å². The standard InChI is InChI=1S/C5H9N3OS2/c6-4-7-8-5(11-4)10-3-1-2-9/h9H,1-3H2,(H2,6,7). The van der Waals surface area contributed by atoms with Crippen LogP contribution in [0.4, 0.5) is 5.13 Å². The van der Waals surface area contributed by atoms with Gasteiger partial charge in [-0.3, -0.25) is 0 Å². The molecule has 0 aliphatic rings. The molecule has 0 bridgehead atoms. The molecule has 0 saturated heterocycles. The van der Waals surface area contributed by atoms with Crippen molar-refractivity contribution in [2.45, 2.75) is 10.8 Å². The Morgan fingerprint density at radius 3 is 2.91 bits per heavy atom. The van der Waals surface area contributed by atoms with Crippen LogP contribution in [0.5, 0.6) is 0 Å². The molecule has 11 heavy (non-hydrogen) atoms. The summed E-state index contributed by atoms with van der Waals surface area (Å²) in [7, 11) is 0. The Kier molecular flexibility index (Phi) is 3.61. The minimum absolute atomic E-state index is 0.223. The average molecular weight is 191 g/mol. The molecule has 3 N–H and O–H groups in total. The molecular formula is C5H9N3OS2. The molecule has 6 heteroatoms. The third-order valence-electron chi connectivity index (χ3n) is 0.950. The van der Waals surface area contributed by atoms with Crippen molar-refractivity contribution in [3.63, 3.8) is 0 Å². The number of rotatable bonds is 4. The van der Waals surface area contributed by atoms with E-state index in [1.54, 1.807) is 11.8 Å². The van der Waals surface area contributed by atoms with Crippen LogP contribution in [-0.2, 0) is 0 Å². The Hall–Kier alpha value is -0.330. The number of aliphatic hydroxyl groups is 1. The minimum Gasteiger partial charge on any atom is -0.396 e. The maximum atomic E-state index is 8.48. The first-order valence-electron chi connectivity index (χ1n) is 3.15. The lowest BCUT2D eigenvalue weighted by Crippen LogP contribution is -1.84. The van der Waals surface area contributed by atoms with Crippen molar-refractivity contribution in [1.29, 1.82) is 0 Å². The Labute approximate surface area is 72.8 Å². The molecule has 0 atom stereocenters. The molecule has 0 aliphatic heterocycles. The number of hydrogen-bond acceptors (Lipinski definition) is 6. The zero-order valence-electron chi connectivity index (χ0n) is 5.86. The van der Waals surface area contributed by atoms with Crippen molar-refractivity contribution < 1.29 is 5.11 Å². The summed E-state index contributed by atoms with van der Waals surface area (Å²) in [6.45, 7) is 0.223. The van der Waals surface area contributed by atoms with Crippen LogP contribution in [0.1, 0.15) is 6.42 Å². The van der Waals surface area contributed by atoms with Crippen LogP contribution >= 0.6 is 23.1 Å². The van der Waals surface area contributed by atoms with Crippen LogP contribution in [0, 0.1) is 0 Å². The van der Waals surface area contributed by atoms with Crippen LogP contribution in [0.25, 0.3) is 0 Å². The third kappa shape index (κ3) is 3.04. The lowest BCUT2D eigenvalue weighted by molar-refractivity contribution is 0.296. The zero-order valence-corrected chi connectivity index (χ0v) is 7.49. The largest absolute Gasteiger partial charge is 0.396 e. The highest BCUT2D eigenvalue weighted by Crippen LogP contribution is 2.23. The van der Waals surface area contributed by atoms with Crippen molar-refractivity contribution >= 4 is 28.2 Å². The molecule has 1 aromatic heterocycles. The van der Waals surface area contributed by atoms with Crippen LogP contribution in [0.2, 0.25) is 0 Å². The van der Waals surface area contributed by atoms with Crippen LogP contribution in [-0.4, -0.2) is 27.7 Å². The van der Waals surface area contributed by atoms with Gasteiger partial charge in [0.1, 0.15) is 0 Å². The van der Waals surface area contributed by atoms with Gasteiger partial charge >= 0.3 is 0 Å². The van der Waals surface area contributed by atoms with Gasteiger partial charge in [0, 0.05) is 12.4 Å².